The van der Waals surface area contributed by atoms with Crippen molar-refractivity contribution in [3.05, 3.63) is 28.2 Å². The van der Waals surface area contributed by atoms with Crippen molar-refractivity contribution < 1.29 is 14.6 Å². The molecule has 0 amide bonds. The Hall–Kier alpha value is -1.03. The number of benzene rings is 1. The molecule has 0 radical (unpaired) electrons. The molecular formula is C14H19BrO3. The Morgan fingerprint density at radius 1 is 1.22 bits per heavy atom. The van der Waals surface area contributed by atoms with Crippen molar-refractivity contribution in [2.45, 2.75) is 39.0 Å². The van der Waals surface area contributed by atoms with E-state index >= 15 is 0 Å². The van der Waals surface area contributed by atoms with Gasteiger partial charge >= 0.3 is 5.97 Å². The summed E-state index contributed by atoms with van der Waals surface area (Å²) in [4.78, 5) is 10.9. The van der Waals surface area contributed by atoms with Crippen LogP contribution in [0.1, 0.15) is 49.4 Å². The molecule has 0 bridgehead atoms. The fourth-order valence-electron chi connectivity index (χ4n) is 1.67. The van der Waals surface area contributed by atoms with E-state index in [-0.39, 0.29) is 5.56 Å². The summed E-state index contributed by atoms with van der Waals surface area (Å²) in [5, 5.41) is 8.93. The molecule has 0 heterocycles. The quantitative estimate of drug-likeness (QED) is 0.719. The van der Waals surface area contributed by atoms with E-state index in [1.807, 2.05) is 0 Å². The normalized spacial score (nSPS) is 10.3. The summed E-state index contributed by atoms with van der Waals surface area (Å²) in [7, 11) is 0. The zero-order valence-electron chi connectivity index (χ0n) is 10.6. The first-order valence-electron chi connectivity index (χ1n) is 6.30. The van der Waals surface area contributed by atoms with Crippen LogP contribution in [-0.2, 0) is 0 Å². The Kier molecular flexibility index (Phi) is 6.80. The van der Waals surface area contributed by atoms with Crippen LogP contribution in [0.15, 0.2) is 22.7 Å². The summed E-state index contributed by atoms with van der Waals surface area (Å²) in [6.45, 7) is 2.82. The lowest BCUT2D eigenvalue weighted by atomic mass is 10.2. The number of unbranched alkanes of at least 4 members (excludes halogenated alkanes) is 4. The number of carboxylic acids is 1. The Balaban J connectivity index is 2.40. The van der Waals surface area contributed by atoms with Gasteiger partial charge in [-0.25, -0.2) is 4.79 Å². The molecule has 0 aliphatic heterocycles. The van der Waals surface area contributed by atoms with Gasteiger partial charge in [0.1, 0.15) is 5.75 Å². The molecule has 1 N–H and O–H groups in total. The highest BCUT2D eigenvalue weighted by Gasteiger charge is 2.06. The van der Waals surface area contributed by atoms with Gasteiger partial charge in [-0.05, 0) is 24.6 Å². The molecule has 0 aromatic heterocycles. The summed E-state index contributed by atoms with van der Waals surface area (Å²) < 4.78 is 6.29. The van der Waals surface area contributed by atoms with E-state index in [4.69, 9.17) is 9.84 Å². The summed E-state index contributed by atoms with van der Waals surface area (Å²) in [5.41, 5.74) is 0.241. The molecule has 4 heteroatoms. The van der Waals surface area contributed by atoms with Crippen LogP contribution in [0.4, 0.5) is 0 Å². The van der Waals surface area contributed by atoms with Gasteiger partial charge in [-0.15, -0.1) is 0 Å². The van der Waals surface area contributed by atoms with Crippen LogP contribution in [0.5, 0.6) is 5.75 Å². The molecule has 0 saturated carbocycles. The second-order valence-corrected chi connectivity index (χ2v) is 5.16. The third-order valence-corrected chi connectivity index (χ3v) is 3.09. The van der Waals surface area contributed by atoms with Crippen molar-refractivity contribution in [2.24, 2.45) is 0 Å². The lowest BCUT2D eigenvalue weighted by molar-refractivity contribution is 0.0696. The highest BCUT2D eigenvalue weighted by atomic mass is 79.9. The Morgan fingerprint density at radius 3 is 2.61 bits per heavy atom. The molecule has 0 unspecified atom stereocenters. The van der Waals surface area contributed by atoms with Crippen LogP contribution in [-0.4, -0.2) is 17.7 Å². The van der Waals surface area contributed by atoms with Gasteiger partial charge < -0.3 is 9.84 Å². The minimum absolute atomic E-state index is 0.241. The zero-order valence-corrected chi connectivity index (χ0v) is 12.2. The second-order valence-electron chi connectivity index (χ2n) is 4.24. The van der Waals surface area contributed by atoms with Gasteiger partial charge in [0.25, 0.3) is 0 Å². The summed E-state index contributed by atoms with van der Waals surface area (Å²) >= 11 is 3.28. The van der Waals surface area contributed by atoms with Crippen LogP contribution in [0.25, 0.3) is 0 Å². The molecule has 0 aliphatic carbocycles. The van der Waals surface area contributed by atoms with Crippen LogP contribution in [0, 0.1) is 0 Å². The predicted molar refractivity (Wildman–Crippen MR) is 75.4 cm³/mol. The summed E-state index contributed by atoms with van der Waals surface area (Å²) in [5.74, 6) is -0.332. The number of rotatable bonds is 8. The molecule has 0 saturated heterocycles. The van der Waals surface area contributed by atoms with Crippen molar-refractivity contribution in [3.8, 4) is 5.75 Å². The van der Waals surface area contributed by atoms with Gasteiger partial charge in [0.2, 0.25) is 0 Å². The molecule has 1 rings (SSSR count). The zero-order chi connectivity index (χ0) is 13.4. The van der Waals surface area contributed by atoms with Crippen LogP contribution < -0.4 is 4.74 Å². The minimum Gasteiger partial charge on any atom is -0.494 e. The number of carbonyl (C=O) groups is 1. The summed E-state index contributed by atoms with van der Waals surface area (Å²) in [6.07, 6.45) is 5.90. The number of aromatic carboxylic acids is 1. The van der Waals surface area contributed by atoms with Gasteiger partial charge in [0, 0.05) is 4.47 Å². The first-order chi connectivity index (χ1) is 8.63. The van der Waals surface area contributed by atoms with Crippen LogP contribution in [0.2, 0.25) is 0 Å². The molecule has 18 heavy (non-hydrogen) atoms. The number of ether oxygens (including phenoxy) is 1. The van der Waals surface area contributed by atoms with E-state index in [1.165, 1.54) is 19.3 Å². The first-order valence-corrected chi connectivity index (χ1v) is 7.09. The van der Waals surface area contributed by atoms with Crippen LogP contribution >= 0.6 is 15.9 Å². The van der Waals surface area contributed by atoms with E-state index in [1.54, 1.807) is 18.2 Å². The average molecular weight is 315 g/mol. The fourth-order valence-corrected chi connectivity index (χ4v) is 2.14. The molecule has 3 nitrogen and oxygen atoms in total. The van der Waals surface area contributed by atoms with Gasteiger partial charge in [0.15, 0.2) is 0 Å². The smallest absolute Gasteiger partial charge is 0.335 e. The lowest BCUT2D eigenvalue weighted by Crippen LogP contribution is -2.00. The van der Waals surface area contributed by atoms with E-state index in [2.05, 4.69) is 22.9 Å². The van der Waals surface area contributed by atoms with Crippen molar-refractivity contribution in [2.75, 3.05) is 6.61 Å². The SMILES string of the molecule is CCCCCCCOc1cc(Br)cc(C(=O)O)c1. The molecule has 0 atom stereocenters. The van der Waals surface area contributed by atoms with Crippen molar-refractivity contribution in [1.29, 1.82) is 0 Å². The standard InChI is InChI=1S/C14H19BrO3/c1-2-3-4-5-6-7-18-13-9-11(14(16)17)8-12(15)10-13/h8-10H,2-7H2,1H3,(H,16,17). The number of carboxylic acid groups (broad SMARTS) is 1. The molecular weight excluding hydrogens is 296 g/mol. The average Bonchev–Trinajstić information content (AvgIpc) is 2.33. The lowest BCUT2D eigenvalue weighted by Gasteiger charge is -2.07. The number of halogens is 1. The third-order valence-electron chi connectivity index (χ3n) is 2.63. The number of hydrogen-bond donors (Lipinski definition) is 1. The Bertz CT molecular complexity index is 391. The van der Waals surface area contributed by atoms with Crippen molar-refractivity contribution in [3.63, 3.8) is 0 Å². The Morgan fingerprint density at radius 2 is 1.94 bits per heavy atom. The van der Waals surface area contributed by atoms with Gasteiger partial charge in [-0.2, -0.15) is 0 Å². The molecule has 0 spiro atoms. The largest absolute Gasteiger partial charge is 0.494 e. The fraction of sp³-hybridized carbons (Fsp3) is 0.500. The maximum Gasteiger partial charge on any atom is 0.335 e. The Labute approximate surface area is 116 Å². The van der Waals surface area contributed by atoms with Gasteiger partial charge in [0.05, 0.1) is 12.2 Å². The van der Waals surface area contributed by atoms with Crippen LogP contribution in [0.3, 0.4) is 0 Å². The maximum absolute atomic E-state index is 10.9. The molecule has 1 aromatic rings. The maximum atomic E-state index is 10.9. The van der Waals surface area contributed by atoms with E-state index in [0.717, 1.165) is 17.3 Å². The van der Waals surface area contributed by atoms with E-state index in [9.17, 15) is 4.79 Å². The van der Waals surface area contributed by atoms with Crippen molar-refractivity contribution in [1.82, 2.24) is 0 Å². The van der Waals surface area contributed by atoms with Crippen molar-refractivity contribution >= 4 is 21.9 Å². The van der Waals surface area contributed by atoms with Gasteiger partial charge in [-0.1, -0.05) is 48.5 Å². The third kappa shape index (κ3) is 5.54. The summed E-state index contributed by atoms with van der Waals surface area (Å²) in [6, 6.07) is 4.91. The second kappa shape index (κ2) is 8.14. The highest BCUT2D eigenvalue weighted by molar-refractivity contribution is 9.10. The predicted octanol–water partition coefficient (Wildman–Crippen LogP) is 4.50. The monoisotopic (exact) mass is 314 g/mol. The molecule has 0 aliphatic rings. The first kappa shape index (κ1) is 15.0. The van der Waals surface area contributed by atoms with E-state index < -0.39 is 5.97 Å². The van der Waals surface area contributed by atoms with Gasteiger partial charge in [-0.3, -0.25) is 0 Å². The highest BCUT2D eigenvalue weighted by Crippen LogP contribution is 2.22. The molecule has 1 aromatic carbocycles. The van der Waals surface area contributed by atoms with E-state index in [0.29, 0.717) is 12.4 Å². The number of hydrogen-bond acceptors (Lipinski definition) is 2. The topological polar surface area (TPSA) is 46.5 Å². The molecule has 100 valence electrons. The minimum atomic E-state index is -0.941. The molecule has 0 fully saturated rings.